The Morgan fingerprint density at radius 2 is 0.920 bits per heavy atom. The van der Waals surface area contributed by atoms with Gasteiger partial charge >= 0.3 is 0 Å². The van der Waals surface area contributed by atoms with Gasteiger partial charge in [0.05, 0.1) is 11.0 Å². The van der Waals surface area contributed by atoms with E-state index in [1.165, 1.54) is 10.8 Å². The zero-order chi connectivity index (χ0) is 33.0. The lowest BCUT2D eigenvalue weighted by Crippen LogP contribution is -2.01. The lowest BCUT2D eigenvalue weighted by molar-refractivity contribution is 0.669. The zero-order valence-corrected chi connectivity index (χ0v) is 26.7. The molecule has 0 atom stereocenters. The van der Waals surface area contributed by atoms with Gasteiger partial charge in [-0.05, 0) is 59.7 Å². The van der Waals surface area contributed by atoms with Crippen molar-refractivity contribution in [2.75, 3.05) is 0 Å². The highest BCUT2D eigenvalue weighted by Gasteiger charge is 2.17. The van der Waals surface area contributed by atoms with Gasteiger partial charge in [-0.15, -0.1) is 0 Å². The van der Waals surface area contributed by atoms with E-state index in [2.05, 4.69) is 77.4 Å². The minimum Gasteiger partial charge on any atom is -0.456 e. The Morgan fingerprint density at radius 1 is 0.380 bits per heavy atom. The molecule has 0 aliphatic carbocycles. The van der Waals surface area contributed by atoms with Crippen molar-refractivity contribution in [1.29, 1.82) is 0 Å². The van der Waals surface area contributed by atoms with Crippen molar-refractivity contribution >= 4 is 43.7 Å². The topological polar surface area (TPSA) is 69.6 Å². The quantitative estimate of drug-likeness (QED) is 0.187. The molecule has 50 heavy (non-hydrogen) atoms. The number of hydrogen-bond acceptors (Lipinski definition) is 5. The zero-order valence-electron chi connectivity index (χ0n) is 26.7. The first kappa shape index (κ1) is 28.1. The van der Waals surface area contributed by atoms with Gasteiger partial charge in [0, 0.05) is 44.4 Å². The molecule has 0 amide bonds. The molecule has 4 heterocycles. The summed E-state index contributed by atoms with van der Waals surface area (Å²) in [6.45, 7) is 0. The second kappa shape index (κ2) is 11.4. The second-order valence-corrected chi connectivity index (χ2v) is 12.3. The molecule has 0 radical (unpaired) electrons. The van der Waals surface area contributed by atoms with Gasteiger partial charge in [-0.2, -0.15) is 0 Å². The summed E-state index contributed by atoms with van der Waals surface area (Å²) >= 11 is 0. The Kier molecular flexibility index (Phi) is 6.39. The van der Waals surface area contributed by atoms with Crippen LogP contribution < -0.4 is 0 Å². The number of aromatic nitrogens is 5. The molecule has 10 rings (SSSR count). The van der Waals surface area contributed by atoms with E-state index in [9.17, 15) is 0 Å². The lowest BCUT2D eigenvalue weighted by Gasteiger charge is -2.10. The number of fused-ring (bicyclic) bond motifs is 6. The third-order valence-electron chi connectivity index (χ3n) is 9.32. The van der Waals surface area contributed by atoms with Gasteiger partial charge in [-0.25, -0.2) is 19.9 Å². The van der Waals surface area contributed by atoms with Crippen LogP contribution in [0.4, 0.5) is 0 Å². The van der Waals surface area contributed by atoms with Crippen LogP contribution in [0.25, 0.3) is 94.9 Å². The van der Waals surface area contributed by atoms with E-state index in [1.807, 2.05) is 91.1 Å². The third-order valence-corrected chi connectivity index (χ3v) is 9.32. The molecule has 0 N–H and O–H groups in total. The van der Waals surface area contributed by atoms with Crippen LogP contribution in [-0.2, 0) is 0 Å². The number of nitrogens with zero attached hydrogens (tertiary/aromatic N) is 5. The molecule has 6 heteroatoms. The number of para-hydroxylation sites is 2. The van der Waals surface area contributed by atoms with Crippen molar-refractivity contribution < 1.29 is 4.42 Å². The van der Waals surface area contributed by atoms with Gasteiger partial charge in [0.1, 0.15) is 17.0 Å². The maximum atomic E-state index is 6.09. The minimum atomic E-state index is 0.575. The van der Waals surface area contributed by atoms with E-state index in [1.54, 1.807) is 0 Å². The highest BCUT2D eigenvalue weighted by Crippen LogP contribution is 2.37. The molecule has 0 bridgehead atoms. The Labute approximate surface area is 287 Å². The first-order chi connectivity index (χ1) is 24.8. The number of hydrogen-bond donors (Lipinski definition) is 0. The summed E-state index contributed by atoms with van der Waals surface area (Å²) < 4.78 is 8.32. The number of rotatable bonds is 5. The van der Waals surface area contributed by atoms with Crippen LogP contribution in [0.5, 0.6) is 0 Å². The first-order valence-corrected chi connectivity index (χ1v) is 16.6. The molecular formula is C44H27N5O. The smallest absolute Gasteiger partial charge is 0.165 e. The summed E-state index contributed by atoms with van der Waals surface area (Å²) in [7, 11) is 0. The molecular weight excluding hydrogens is 615 g/mol. The standard InChI is InChI=1S/C44H27N5O/c1-3-11-28(12-4-1)42-46-43(29-13-5-2-6-14-29)48-44(47-42)32-21-24-41(45-27-32)49-37-17-9-7-15-33(37)35-25-30(19-22-38(35)49)31-20-23-40-36(26-31)34-16-8-10-18-39(34)50-40/h1-27H. The Hall–Kier alpha value is -6.92. The Morgan fingerprint density at radius 3 is 1.62 bits per heavy atom. The number of pyridine rings is 1. The summed E-state index contributed by atoms with van der Waals surface area (Å²) in [4.78, 5) is 19.6. The van der Waals surface area contributed by atoms with Crippen LogP contribution in [0, 0.1) is 0 Å². The maximum absolute atomic E-state index is 6.09. The van der Waals surface area contributed by atoms with Crippen molar-refractivity contribution in [3.8, 4) is 51.1 Å². The van der Waals surface area contributed by atoms with E-state index in [4.69, 9.17) is 24.4 Å². The van der Waals surface area contributed by atoms with Crippen LogP contribution in [0.15, 0.2) is 168 Å². The molecule has 0 aliphatic heterocycles. The molecule has 234 valence electrons. The lowest BCUT2D eigenvalue weighted by atomic mass is 10.0. The van der Waals surface area contributed by atoms with Gasteiger partial charge in [0.25, 0.3) is 0 Å². The van der Waals surface area contributed by atoms with Crippen molar-refractivity contribution in [3.05, 3.63) is 164 Å². The summed E-state index contributed by atoms with van der Waals surface area (Å²) in [5, 5.41) is 4.58. The minimum absolute atomic E-state index is 0.575. The molecule has 10 aromatic rings. The molecule has 4 aromatic heterocycles. The van der Waals surface area contributed by atoms with E-state index in [0.29, 0.717) is 17.5 Å². The van der Waals surface area contributed by atoms with Crippen LogP contribution in [0.3, 0.4) is 0 Å². The third kappa shape index (κ3) is 4.65. The van der Waals surface area contributed by atoms with Gasteiger partial charge in [0.15, 0.2) is 17.5 Å². The normalized spacial score (nSPS) is 11.6. The predicted octanol–water partition coefficient (Wildman–Crippen LogP) is 10.9. The molecule has 6 aromatic carbocycles. The Bertz CT molecular complexity index is 2800. The van der Waals surface area contributed by atoms with Crippen molar-refractivity contribution in [3.63, 3.8) is 0 Å². The fourth-order valence-electron chi connectivity index (χ4n) is 6.89. The van der Waals surface area contributed by atoms with Crippen molar-refractivity contribution in [1.82, 2.24) is 24.5 Å². The summed E-state index contributed by atoms with van der Waals surface area (Å²) in [5.74, 6) is 2.64. The van der Waals surface area contributed by atoms with Crippen LogP contribution >= 0.6 is 0 Å². The SMILES string of the molecule is c1ccc(-c2nc(-c3ccccc3)nc(-c3ccc(-n4c5ccccc5c5cc(-c6ccc7oc8ccccc8c7c6)ccc54)nc3)n2)cc1. The molecule has 6 nitrogen and oxygen atoms in total. The molecule has 0 aliphatic rings. The van der Waals surface area contributed by atoms with Gasteiger partial charge in [-0.1, -0.05) is 109 Å². The van der Waals surface area contributed by atoms with Gasteiger partial charge < -0.3 is 4.42 Å². The fraction of sp³-hybridized carbons (Fsp3) is 0. The van der Waals surface area contributed by atoms with Crippen LogP contribution in [0.2, 0.25) is 0 Å². The predicted molar refractivity (Wildman–Crippen MR) is 201 cm³/mol. The monoisotopic (exact) mass is 641 g/mol. The molecule has 0 unspecified atom stereocenters. The summed E-state index contributed by atoms with van der Waals surface area (Å²) in [5.41, 5.74) is 8.95. The molecule has 0 spiro atoms. The fourth-order valence-corrected chi connectivity index (χ4v) is 6.89. The molecule has 0 fully saturated rings. The summed E-state index contributed by atoms with van der Waals surface area (Å²) in [6.07, 6.45) is 1.85. The van der Waals surface area contributed by atoms with Crippen molar-refractivity contribution in [2.24, 2.45) is 0 Å². The van der Waals surface area contributed by atoms with E-state index in [0.717, 1.165) is 66.6 Å². The number of benzene rings is 6. The largest absolute Gasteiger partial charge is 0.456 e. The molecule has 0 saturated heterocycles. The summed E-state index contributed by atoms with van der Waals surface area (Å²) in [6, 6.07) is 53.9. The second-order valence-electron chi connectivity index (χ2n) is 12.3. The highest BCUT2D eigenvalue weighted by atomic mass is 16.3. The molecule has 0 saturated carbocycles. The van der Waals surface area contributed by atoms with Gasteiger partial charge in [0.2, 0.25) is 0 Å². The van der Waals surface area contributed by atoms with E-state index in [-0.39, 0.29) is 0 Å². The Balaban J connectivity index is 1.07. The average molecular weight is 642 g/mol. The average Bonchev–Trinajstić information content (AvgIpc) is 3.73. The van der Waals surface area contributed by atoms with Crippen molar-refractivity contribution in [2.45, 2.75) is 0 Å². The van der Waals surface area contributed by atoms with E-state index >= 15 is 0 Å². The van der Waals surface area contributed by atoms with E-state index < -0.39 is 0 Å². The van der Waals surface area contributed by atoms with Crippen LogP contribution in [-0.4, -0.2) is 24.5 Å². The maximum Gasteiger partial charge on any atom is 0.165 e. The van der Waals surface area contributed by atoms with Crippen LogP contribution in [0.1, 0.15) is 0 Å². The number of furan rings is 1. The first-order valence-electron chi connectivity index (χ1n) is 16.6. The van der Waals surface area contributed by atoms with Gasteiger partial charge in [-0.3, -0.25) is 4.57 Å². The highest BCUT2D eigenvalue weighted by molar-refractivity contribution is 6.11.